The smallest absolute Gasteiger partial charge is 0.194 e. The number of hydrogen-bond acceptors (Lipinski definition) is 0. The Kier molecular flexibility index (Phi) is 6.50. The van der Waals surface area contributed by atoms with Gasteiger partial charge in [0.15, 0.2) is 17.5 Å². The fourth-order valence-electron chi connectivity index (χ4n) is 5.49. The van der Waals surface area contributed by atoms with Crippen LogP contribution in [0.4, 0.5) is 17.6 Å². The molecule has 0 saturated heterocycles. The van der Waals surface area contributed by atoms with Crippen LogP contribution in [-0.2, 0) is 12.8 Å². The van der Waals surface area contributed by atoms with Gasteiger partial charge in [0.25, 0.3) is 0 Å². The molecule has 0 spiro atoms. The maximum absolute atomic E-state index is 15.0. The van der Waals surface area contributed by atoms with E-state index in [0.717, 1.165) is 30.4 Å². The molecular weight excluding hydrogens is 388 g/mol. The minimum absolute atomic E-state index is 0.138. The highest BCUT2D eigenvalue weighted by Crippen LogP contribution is 2.40. The molecule has 0 aliphatic heterocycles. The van der Waals surface area contributed by atoms with Crippen molar-refractivity contribution in [2.45, 2.75) is 83.0 Å². The first kappa shape index (κ1) is 21.4. The van der Waals surface area contributed by atoms with Crippen molar-refractivity contribution >= 4 is 0 Å². The van der Waals surface area contributed by atoms with E-state index in [1.54, 1.807) is 6.07 Å². The van der Waals surface area contributed by atoms with E-state index in [-0.39, 0.29) is 17.3 Å². The molecule has 0 N–H and O–H groups in total. The van der Waals surface area contributed by atoms with Crippen molar-refractivity contribution in [1.29, 1.82) is 0 Å². The van der Waals surface area contributed by atoms with Crippen molar-refractivity contribution in [3.8, 4) is 0 Å². The van der Waals surface area contributed by atoms with Gasteiger partial charge in [0, 0.05) is 0 Å². The Morgan fingerprint density at radius 3 is 2.30 bits per heavy atom. The predicted octanol–water partition coefficient (Wildman–Crippen LogP) is 7.98. The first-order valence-electron chi connectivity index (χ1n) is 11.4. The molecule has 2 aromatic carbocycles. The number of benzene rings is 2. The van der Waals surface area contributed by atoms with E-state index in [4.69, 9.17) is 0 Å². The molecule has 4 heteroatoms. The largest absolute Gasteiger partial charge is 0.207 e. The highest BCUT2D eigenvalue weighted by atomic mass is 19.2. The SMILES string of the molecule is CCCCC1CCC(c2ccc(C3CCc4c(cc(F)c(F)c4F)C3)c(F)c2)CC1. The van der Waals surface area contributed by atoms with Gasteiger partial charge in [-0.3, -0.25) is 0 Å². The second kappa shape index (κ2) is 9.11. The summed E-state index contributed by atoms with van der Waals surface area (Å²) in [5, 5.41) is 0. The molecule has 30 heavy (non-hydrogen) atoms. The van der Waals surface area contributed by atoms with Gasteiger partial charge >= 0.3 is 0 Å². The first-order valence-corrected chi connectivity index (χ1v) is 11.4. The average Bonchev–Trinajstić information content (AvgIpc) is 2.76. The molecule has 0 amide bonds. The fraction of sp³-hybridized carbons (Fsp3) is 0.538. The number of rotatable bonds is 5. The van der Waals surface area contributed by atoms with Gasteiger partial charge in [0.1, 0.15) is 5.82 Å². The van der Waals surface area contributed by atoms with Crippen molar-refractivity contribution in [1.82, 2.24) is 0 Å². The lowest BCUT2D eigenvalue weighted by Crippen LogP contribution is -2.17. The van der Waals surface area contributed by atoms with E-state index >= 15 is 4.39 Å². The van der Waals surface area contributed by atoms with E-state index < -0.39 is 17.5 Å². The van der Waals surface area contributed by atoms with Gasteiger partial charge in [-0.25, -0.2) is 17.6 Å². The summed E-state index contributed by atoms with van der Waals surface area (Å²) in [6.45, 7) is 2.23. The monoisotopic (exact) mass is 418 g/mol. The molecule has 0 radical (unpaired) electrons. The molecule has 2 aliphatic rings. The van der Waals surface area contributed by atoms with Gasteiger partial charge < -0.3 is 0 Å². The maximum atomic E-state index is 15.0. The Morgan fingerprint density at radius 1 is 0.833 bits per heavy atom. The normalized spacial score (nSPS) is 24.0. The molecule has 0 nitrogen and oxygen atoms in total. The molecule has 1 fully saturated rings. The quantitative estimate of drug-likeness (QED) is 0.341. The highest BCUT2D eigenvalue weighted by molar-refractivity contribution is 5.37. The van der Waals surface area contributed by atoms with Crippen molar-refractivity contribution in [2.75, 3.05) is 0 Å². The average molecular weight is 419 g/mol. The summed E-state index contributed by atoms with van der Waals surface area (Å²) >= 11 is 0. The van der Waals surface area contributed by atoms with E-state index in [9.17, 15) is 13.2 Å². The Morgan fingerprint density at radius 2 is 1.60 bits per heavy atom. The molecule has 2 aromatic rings. The zero-order valence-corrected chi connectivity index (χ0v) is 17.6. The summed E-state index contributed by atoms with van der Waals surface area (Å²) < 4.78 is 56.2. The highest BCUT2D eigenvalue weighted by Gasteiger charge is 2.28. The van der Waals surface area contributed by atoms with Crippen LogP contribution in [0, 0.1) is 29.2 Å². The minimum Gasteiger partial charge on any atom is -0.207 e. The zero-order chi connectivity index (χ0) is 21.3. The molecule has 162 valence electrons. The summed E-state index contributed by atoms with van der Waals surface area (Å²) in [5.41, 5.74) is 2.37. The summed E-state index contributed by atoms with van der Waals surface area (Å²) in [6.07, 6.45) is 9.70. The van der Waals surface area contributed by atoms with E-state index in [0.29, 0.717) is 36.3 Å². The van der Waals surface area contributed by atoms with Crippen LogP contribution in [0.3, 0.4) is 0 Å². The van der Waals surface area contributed by atoms with Crippen molar-refractivity contribution < 1.29 is 17.6 Å². The van der Waals surface area contributed by atoms with Gasteiger partial charge in [-0.05, 0) is 97.1 Å². The second-order valence-corrected chi connectivity index (χ2v) is 9.20. The molecule has 4 rings (SSSR count). The second-order valence-electron chi connectivity index (χ2n) is 9.20. The third-order valence-corrected chi connectivity index (χ3v) is 7.31. The fourth-order valence-corrected chi connectivity index (χ4v) is 5.49. The third-order valence-electron chi connectivity index (χ3n) is 7.31. The van der Waals surface area contributed by atoms with Gasteiger partial charge in [-0.2, -0.15) is 0 Å². The predicted molar refractivity (Wildman–Crippen MR) is 112 cm³/mol. The Hall–Kier alpha value is -1.84. The Labute approximate surface area is 176 Å². The van der Waals surface area contributed by atoms with E-state index in [1.165, 1.54) is 32.1 Å². The van der Waals surface area contributed by atoms with Crippen LogP contribution in [-0.4, -0.2) is 0 Å². The lowest BCUT2D eigenvalue weighted by molar-refractivity contribution is 0.304. The van der Waals surface area contributed by atoms with Crippen molar-refractivity contribution in [3.63, 3.8) is 0 Å². The summed E-state index contributed by atoms with van der Waals surface area (Å²) in [5.74, 6) is -2.79. The van der Waals surface area contributed by atoms with Crippen LogP contribution in [0.2, 0.25) is 0 Å². The summed E-state index contributed by atoms with van der Waals surface area (Å²) in [7, 11) is 0. The molecule has 0 heterocycles. The molecule has 1 unspecified atom stereocenters. The standard InChI is InChI=1S/C26H30F4/c1-2-3-4-16-5-7-17(8-6-16)18-9-11-21(23(27)14-18)19-10-12-22-20(13-19)15-24(28)26(30)25(22)29/h9,11,14-17,19H,2-8,10,12-13H2,1H3. The molecule has 2 aliphatic carbocycles. The maximum Gasteiger partial charge on any atom is 0.194 e. The third kappa shape index (κ3) is 4.29. The first-order chi connectivity index (χ1) is 14.5. The van der Waals surface area contributed by atoms with Gasteiger partial charge in [0.2, 0.25) is 0 Å². The van der Waals surface area contributed by atoms with Gasteiger partial charge in [0.05, 0.1) is 0 Å². The molecule has 1 atom stereocenters. The van der Waals surface area contributed by atoms with Crippen LogP contribution in [0.15, 0.2) is 24.3 Å². The van der Waals surface area contributed by atoms with Crippen LogP contribution < -0.4 is 0 Å². The number of unbranched alkanes of at least 4 members (excludes halogenated alkanes) is 1. The minimum atomic E-state index is -1.41. The van der Waals surface area contributed by atoms with E-state index in [1.807, 2.05) is 12.1 Å². The summed E-state index contributed by atoms with van der Waals surface area (Å²) in [4.78, 5) is 0. The molecule has 1 saturated carbocycles. The molecule has 0 bridgehead atoms. The number of fused-ring (bicyclic) bond motifs is 1. The number of halogens is 4. The number of hydrogen-bond donors (Lipinski definition) is 0. The van der Waals surface area contributed by atoms with Crippen molar-refractivity contribution in [3.05, 3.63) is 69.8 Å². The Bertz CT molecular complexity index is 896. The molecular formula is C26H30F4. The lowest BCUT2D eigenvalue weighted by atomic mass is 9.76. The lowest BCUT2D eigenvalue weighted by Gasteiger charge is -2.30. The van der Waals surface area contributed by atoms with Crippen molar-refractivity contribution in [2.24, 2.45) is 5.92 Å². The van der Waals surface area contributed by atoms with E-state index in [2.05, 4.69) is 6.92 Å². The van der Waals surface area contributed by atoms with Crippen LogP contribution >= 0.6 is 0 Å². The van der Waals surface area contributed by atoms with Crippen LogP contribution in [0.1, 0.15) is 92.4 Å². The summed E-state index contributed by atoms with van der Waals surface area (Å²) in [6, 6.07) is 6.65. The van der Waals surface area contributed by atoms with Gasteiger partial charge in [-0.15, -0.1) is 0 Å². The van der Waals surface area contributed by atoms with Gasteiger partial charge in [-0.1, -0.05) is 38.3 Å². The topological polar surface area (TPSA) is 0 Å². The zero-order valence-electron chi connectivity index (χ0n) is 17.6. The van der Waals surface area contributed by atoms with Crippen LogP contribution in [0.25, 0.3) is 0 Å². The Balaban J connectivity index is 1.46. The van der Waals surface area contributed by atoms with Crippen LogP contribution in [0.5, 0.6) is 0 Å². The molecule has 0 aromatic heterocycles.